The summed E-state index contributed by atoms with van der Waals surface area (Å²) in [6.07, 6.45) is -46.9. The Morgan fingerprint density at radius 1 is 0.650 bits per heavy atom. The van der Waals surface area contributed by atoms with Gasteiger partial charge in [-0.2, -0.15) is 70.2 Å². The zero-order valence-corrected chi connectivity index (χ0v) is 18.7. The van der Waals surface area contributed by atoms with Crippen LogP contribution in [-0.4, -0.2) is 80.0 Å². The van der Waals surface area contributed by atoms with Gasteiger partial charge in [0, 0.05) is 13.5 Å². The minimum Gasteiger partial charge on any atom is -0.348 e. The van der Waals surface area contributed by atoms with Gasteiger partial charge in [-0.3, -0.25) is 9.47 Å². The van der Waals surface area contributed by atoms with Crippen molar-refractivity contribution in [2.45, 2.75) is 86.2 Å². The maximum Gasteiger partial charge on any atom is 0.454 e. The summed E-state index contributed by atoms with van der Waals surface area (Å²) >= 11 is 0. The largest absolute Gasteiger partial charge is 0.454 e. The molecular weight excluding hydrogens is 636 g/mol. The maximum atomic E-state index is 15.1. The van der Waals surface area contributed by atoms with E-state index in [4.69, 9.17) is 0 Å². The molecular formula is C16H12F20O4. The normalized spacial score (nSPS) is 27.3. The molecule has 1 saturated heterocycles. The molecule has 0 aliphatic carbocycles. The molecule has 1 aliphatic heterocycles. The summed E-state index contributed by atoms with van der Waals surface area (Å²) in [6, 6.07) is 0. The molecule has 0 saturated carbocycles. The second kappa shape index (κ2) is 10.3. The number of methoxy groups -OCH3 is 1. The van der Waals surface area contributed by atoms with Gasteiger partial charge in [-0.05, 0) is 5.92 Å². The van der Waals surface area contributed by atoms with Crippen LogP contribution < -0.4 is 0 Å². The van der Waals surface area contributed by atoms with Crippen LogP contribution in [0.3, 0.4) is 0 Å². The Morgan fingerprint density at radius 3 is 1.32 bits per heavy atom. The molecule has 0 radical (unpaired) electrons. The molecule has 1 rings (SSSR count). The van der Waals surface area contributed by atoms with Crippen molar-refractivity contribution in [2.24, 2.45) is 5.92 Å². The molecule has 1 aliphatic rings. The van der Waals surface area contributed by atoms with Crippen LogP contribution in [0.2, 0.25) is 0 Å². The van der Waals surface area contributed by atoms with Crippen molar-refractivity contribution in [1.82, 2.24) is 0 Å². The quantitative estimate of drug-likeness (QED) is 0.222. The lowest BCUT2D eigenvalue weighted by atomic mass is 9.92. The van der Waals surface area contributed by atoms with E-state index >= 15 is 4.39 Å². The summed E-state index contributed by atoms with van der Waals surface area (Å²) < 4.78 is 279. The van der Waals surface area contributed by atoms with Gasteiger partial charge in [-0.15, -0.1) is 0 Å². The van der Waals surface area contributed by atoms with Crippen molar-refractivity contribution in [2.75, 3.05) is 7.11 Å². The van der Waals surface area contributed by atoms with Gasteiger partial charge in [0.15, 0.2) is 0 Å². The van der Waals surface area contributed by atoms with Crippen molar-refractivity contribution < 1.29 is 107 Å². The van der Waals surface area contributed by atoms with Crippen LogP contribution in [0, 0.1) is 5.92 Å². The molecule has 0 aromatic carbocycles. The number of alkyl halides is 20. The fourth-order valence-electron chi connectivity index (χ4n) is 3.19. The Balaban J connectivity index is 3.81. The lowest BCUT2D eigenvalue weighted by Gasteiger charge is -2.44. The Labute approximate surface area is 207 Å². The number of halogens is 20. The highest BCUT2D eigenvalue weighted by Gasteiger charge is 2.83. The van der Waals surface area contributed by atoms with E-state index < -0.39 is 85.2 Å². The van der Waals surface area contributed by atoms with E-state index in [-0.39, 0.29) is 14.0 Å². The topological polar surface area (TPSA) is 36.9 Å². The first-order valence-electron chi connectivity index (χ1n) is 9.55. The van der Waals surface area contributed by atoms with Gasteiger partial charge in [0.2, 0.25) is 5.79 Å². The van der Waals surface area contributed by atoms with Gasteiger partial charge in [0.1, 0.15) is 6.10 Å². The predicted octanol–water partition coefficient (Wildman–Crippen LogP) is 7.23. The van der Waals surface area contributed by atoms with Gasteiger partial charge in [-0.1, -0.05) is 6.92 Å². The van der Waals surface area contributed by atoms with Crippen LogP contribution in [0.25, 0.3) is 0 Å². The van der Waals surface area contributed by atoms with E-state index in [1.807, 2.05) is 0 Å². The number of hydrogen-bond donors (Lipinski definition) is 0. The van der Waals surface area contributed by atoms with Gasteiger partial charge < -0.3 is 9.47 Å². The molecule has 0 N–H and O–H groups in total. The lowest BCUT2D eigenvalue weighted by molar-refractivity contribution is -0.522. The average Bonchev–Trinajstić information content (AvgIpc) is 3.09. The SMILES string of the molecule is COC1(C(F)(OC(F)(F)C(F)(F)C(F)F)C(F)(F)F)CC(C)C(C(F)(OC(F)(F)C(F)(F)C(F)F)C(F)(F)F)O1. The third kappa shape index (κ3) is 5.60. The molecule has 4 nitrogen and oxygen atoms in total. The summed E-state index contributed by atoms with van der Waals surface area (Å²) in [5, 5.41) is 0. The standard InChI is InChI=1S/C16H12F20O4/c1-4-3-8(37-2,12(26,14(30,31)32)40-16(35,36)10(23,24)7(19)20)38-5(4)11(25,13(27,28)29)39-15(33,34)9(21,22)6(17)18/h4-7H,3H2,1-2H3. The second-order valence-corrected chi connectivity index (χ2v) is 8.00. The van der Waals surface area contributed by atoms with Crippen molar-refractivity contribution in [3.05, 3.63) is 0 Å². The minimum atomic E-state index is -7.27. The molecule has 0 aromatic rings. The Hall–Kier alpha value is -1.56. The Kier molecular flexibility index (Phi) is 9.40. The predicted molar refractivity (Wildman–Crippen MR) is 82.1 cm³/mol. The molecule has 5 atom stereocenters. The number of hydrogen-bond acceptors (Lipinski definition) is 4. The summed E-state index contributed by atoms with van der Waals surface area (Å²) in [7, 11) is -0.296. The molecule has 0 aromatic heterocycles. The van der Waals surface area contributed by atoms with Crippen LogP contribution in [0.4, 0.5) is 87.8 Å². The smallest absolute Gasteiger partial charge is 0.348 e. The van der Waals surface area contributed by atoms with Crippen molar-refractivity contribution in [1.29, 1.82) is 0 Å². The second-order valence-electron chi connectivity index (χ2n) is 8.00. The Bertz CT molecular complexity index is 889. The molecule has 0 amide bonds. The lowest BCUT2D eigenvalue weighted by Crippen LogP contribution is -2.68. The minimum absolute atomic E-state index is 0.0129. The first kappa shape index (κ1) is 36.5. The van der Waals surface area contributed by atoms with E-state index in [0.29, 0.717) is 0 Å². The number of ether oxygens (including phenoxy) is 4. The maximum absolute atomic E-state index is 15.1. The van der Waals surface area contributed by atoms with Crippen LogP contribution in [0.5, 0.6) is 0 Å². The molecule has 240 valence electrons. The van der Waals surface area contributed by atoms with E-state index in [2.05, 4.69) is 18.9 Å². The van der Waals surface area contributed by atoms with Gasteiger partial charge in [0.25, 0.3) is 0 Å². The summed E-state index contributed by atoms with van der Waals surface area (Å²) in [5.74, 6) is -35.5. The van der Waals surface area contributed by atoms with Crippen LogP contribution >= 0.6 is 0 Å². The third-order valence-electron chi connectivity index (χ3n) is 5.23. The summed E-state index contributed by atoms with van der Waals surface area (Å²) in [4.78, 5) is 0. The van der Waals surface area contributed by atoms with E-state index in [1.54, 1.807) is 0 Å². The van der Waals surface area contributed by atoms with Crippen LogP contribution in [-0.2, 0) is 18.9 Å². The summed E-state index contributed by atoms with van der Waals surface area (Å²) in [5.41, 5.74) is 0. The fourth-order valence-corrected chi connectivity index (χ4v) is 3.19. The molecule has 24 heteroatoms. The van der Waals surface area contributed by atoms with Crippen molar-refractivity contribution in [3.8, 4) is 0 Å². The van der Waals surface area contributed by atoms with Crippen LogP contribution in [0.15, 0.2) is 0 Å². The molecule has 0 bridgehead atoms. The van der Waals surface area contributed by atoms with Gasteiger partial charge >= 0.3 is 61.0 Å². The van der Waals surface area contributed by atoms with Gasteiger partial charge in [0.05, 0.1) is 0 Å². The molecule has 5 unspecified atom stereocenters. The third-order valence-corrected chi connectivity index (χ3v) is 5.23. The van der Waals surface area contributed by atoms with E-state index in [0.717, 1.165) is 0 Å². The highest BCUT2D eigenvalue weighted by Crippen LogP contribution is 2.60. The van der Waals surface area contributed by atoms with E-state index in [1.165, 1.54) is 0 Å². The zero-order valence-electron chi connectivity index (χ0n) is 18.7. The molecule has 1 heterocycles. The monoisotopic (exact) mass is 648 g/mol. The van der Waals surface area contributed by atoms with Crippen LogP contribution in [0.1, 0.15) is 13.3 Å². The number of rotatable bonds is 11. The fraction of sp³-hybridized carbons (Fsp3) is 1.00. The van der Waals surface area contributed by atoms with E-state index in [9.17, 15) is 83.4 Å². The summed E-state index contributed by atoms with van der Waals surface area (Å²) in [6.45, 7) is -0.0129. The zero-order chi connectivity index (χ0) is 32.3. The Morgan fingerprint density at radius 2 is 1.02 bits per heavy atom. The average molecular weight is 648 g/mol. The van der Waals surface area contributed by atoms with Gasteiger partial charge in [-0.25, -0.2) is 17.6 Å². The molecule has 1 fully saturated rings. The van der Waals surface area contributed by atoms with Crippen molar-refractivity contribution in [3.63, 3.8) is 0 Å². The highest BCUT2D eigenvalue weighted by molar-refractivity contribution is 5.06. The first-order valence-corrected chi connectivity index (χ1v) is 9.55. The molecule has 40 heavy (non-hydrogen) atoms. The van der Waals surface area contributed by atoms with Crippen molar-refractivity contribution >= 4 is 0 Å². The highest BCUT2D eigenvalue weighted by atomic mass is 19.4. The molecule has 0 spiro atoms. The first-order chi connectivity index (χ1) is 17.3.